The summed E-state index contributed by atoms with van der Waals surface area (Å²) in [6, 6.07) is 10.9. The highest BCUT2D eigenvalue weighted by atomic mass is 127. The normalized spacial score (nSPS) is 11.2. The number of fused-ring (bicyclic) bond motifs is 1. The van der Waals surface area contributed by atoms with Crippen LogP contribution in [0.4, 0.5) is 4.39 Å². The van der Waals surface area contributed by atoms with E-state index in [1.165, 1.54) is 6.07 Å². The van der Waals surface area contributed by atoms with Gasteiger partial charge in [0, 0.05) is 3.57 Å². The number of imidazole rings is 1. The lowest BCUT2D eigenvalue weighted by molar-refractivity contribution is 0.616. The van der Waals surface area contributed by atoms with Crippen molar-refractivity contribution in [3.8, 4) is 5.69 Å². The summed E-state index contributed by atoms with van der Waals surface area (Å²) in [6.07, 6.45) is 0. The van der Waals surface area contributed by atoms with E-state index < -0.39 is 0 Å². The first-order valence-electron chi connectivity index (χ1n) is 6.10. The monoisotopic (exact) mass is 400 g/mol. The van der Waals surface area contributed by atoms with E-state index in [4.69, 9.17) is 11.6 Å². The first-order chi connectivity index (χ1) is 9.61. The predicted molar refractivity (Wildman–Crippen MR) is 88.0 cm³/mol. The summed E-state index contributed by atoms with van der Waals surface area (Å²) in [4.78, 5) is 4.51. The van der Waals surface area contributed by atoms with Crippen LogP contribution in [0.1, 0.15) is 11.4 Å². The number of para-hydroxylation sites is 1. The number of benzene rings is 2. The van der Waals surface area contributed by atoms with Gasteiger partial charge in [-0.1, -0.05) is 12.1 Å². The maximum atomic E-state index is 14.2. The van der Waals surface area contributed by atoms with Crippen LogP contribution >= 0.6 is 34.2 Å². The molecule has 0 aliphatic carbocycles. The fourth-order valence-corrected chi connectivity index (χ4v) is 3.00. The van der Waals surface area contributed by atoms with E-state index in [0.717, 1.165) is 20.2 Å². The quantitative estimate of drug-likeness (QED) is 0.446. The number of hydrogen-bond acceptors (Lipinski definition) is 1. The molecule has 102 valence electrons. The van der Waals surface area contributed by atoms with Crippen molar-refractivity contribution in [2.24, 2.45) is 0 Å². The van der Waals surface area contributed by atoms with E-state index in [-0.39, 0.29) is 11.7 Å². The molecule has 0 unspecified atom stereocenters. The molecule has 1 aromatic heterocycles. The Balaban J connectivity index is 2.40. The highest BCUT2D eigenvalue weighted by molar-refractivity contribution is 14.1. The van der Waals surface area contributed by atoms with Crippen LogP contribution < -0.4 is 0 Å². The average molecular weight is 401 g/mol. The molecule has 3 rings (SSSR count). The lowest BCUT2D eigenvalue weighted by Gasteiger charge is -2.12. The van der Waals surface area contributed by atoms with Gasteiger partial charge in [0.05, 0.1) is 22.6 Å². The van der Waals surface area contributed by atoms with Gasteiger partial charge in [-0.3, -0.25) is 4.57 Å². The largest absolute Gasteiger partial charge is 0.292 e. The van der Waals surface area contributed by atoms with Crippen LogP contribution in [-0.2, 0) is 5.88 Å². The summed E-state index contributed by atoms with van der Waals surface area (Å²) in [5, 5.41) is 0. The molecule has 5 heteroatoms. The Labute approximate surface area is 134 Å². The number of hydrogen-bond donors (Lipinski definition) is 0. The lowest BCUT2D eigenvalue weighted by Crippen LogP contribution is -2.04. The third kappa shape index (κ3) is 2.20. The third-order valence-corrected chi connectivity index (χ3v) is 4.13. The summed E-state index contributed by atoms with van der Waals surface area (Å²) in [6.45, 7) is 1.88. The molecule has 0 saturated carbocycles. The molecule has 2 nitrogen and oxygen atoms in total. The Morgan fingerprint density at radius 3 is 2.80 bits per heavy atom. The van der Waals surface area contributed by atoms with Crippen LogP contribution in [-0.4, -0.2) is 9.55 Å². The van der Waals surface area contributed by atoms with Crippen LogP contribution in [0, 0.1) is 16.3 Å². The molecule has 0 amide bonds. The smallest absolute Gasteiger partial charge is 0.147 e. The predicted octanol–water partition coefficient (Wildman–Crippen LogP) is 4.82. The van der Waals surface area contributed by atoms with Gasteiger partial charge in [0.2, 0.25) is 0 Å². The first-order valence-corrected chi connectivity index (χ1v) is 7.71. The van der Waals surface area contributed by atoms with Gasteiger partial charge in [0.15, 0.2) is 0 Å². The maximum Gasteiger partial charge on any atom is 0.147 e. The van der Waals surface area contributed by atoms with Crippen LogP contribution in [0.5, 0.6) is 0 Å². The molecular formula is C15H11ClFIN2. The van der Waals surface area contributed by atoms with Gasteiger partial charge >= 0.3 is 0 Å². The van der Waals surface area contributed by atoms with Crippen molar-refractivity contribution in [2.45, 2.75) is 12.8 Å². The van der Waals surface area contributed by atoms with Crippen molar-refractivity contribution >= 4 is 45.2 Å². The maximum absolute atomic E-state index is 14.2. The highest BCUT2D eigenvalue weighted by Gasteiger charge is 2.16. The Morgan fingerprint density at radius 1 is 1.30 bits per heavy atom. The van der Waals surface area contributed by atoms with E-state index in [0.29, 0.717) is 11.5 Å². The topological polar surface area (TPSA) is 17.8 Å². The molecular weight excluding hydrogens is 390 g/mol. The summed E-state index contributed by atoms with van der Waals surface area (Å²) in [7, 11) is 0. The minimum Gasteiger partial charge on any atom is -0.292 e. The summed E-state index contributed by atoms with van der Waals surface area (Å²) in [5.41, 5.74) is 3.07. The Hall–Kier alpha value is -1.14. The van der Waals surface area contributed by atoms with Gasteiger partial charge in [-0.25, -0.2) is 9.37 Å². The second-order valence-electron chi connectivity index (χ2n) is 4.54. The number of halogens is 3. The number of aromatic nitrogens is 2. The van der Waals surface area contributed by atoms with Crippen LogP contribution in [0.25, 0.3) is 16.7 Å². The van der Waals surface area contributed by atoms with Gasteiger partial charge in [-0.15, -0.1) is 11.6 Å². The van der Waals surface area contributed by atoms with Gasteiger partial charge in [0.1, 0.15) is 11.6 Å². The molecule has 0 bridgehead atoms. The molecule has 0 radical (unpaired) electrons. The summed E-state index contributed by atoms with van der Waals surface area (Å²) in [5.74, 6) is 0.616. The van der Waals surface area contributed by atoms with Gasteiger partial charge in [0.25, 0.3) is 0 Å². The van der Waals surface area contributed by atoms with Crippen LogP contribution in [0.3, 0.4) is 0 Å². The number of aryl methyl sites for hydroxylation is 1. The molecule has 0 saturated heterocycles. The molecule has 0 aliphatic heterocycles. The minimum atomic E-state index is -0.269. The van der Waals surface area contributed by atoms with Crippen molar-refractivity contribution in [1.82, 2.24) is 9.55 Å². The van der Waals surface area contributed by atoms with E-state index in [2.05, 4.69) is 27.6 Å². The van der Waals surface area contributed by atoms with Crippen molar-refractivity contribution in [3.05, 3.63) is 57.2 Å². The van der Waals surface area contributed by atoms with Crippen molar-refractivity contribution in [1.29, 1.82) is 0 Å². The fraction of sp³-hybridized carbons (Fsp3) is 0.133. The van der Waals surface area contributed by atoms with Crippen molar-refractivity contribution in [3.63, 3.8) is 0 Å². The molecule has 3 aromatic rings. The number of alkyl halides is 1. The fourth-order valence-electron chi connectivity index (χ4n) is 2.35. The van der Waals surface area contributed by atoms with Gasteiger partial charge < -0.3 is 0 Å². The molecule has 1 heterocycles. The highest BCUT2D eigenvalue weighted by Crippen LogP contribution is 2.27. The number of nitrogens with zero attached hydrogens (tertiary/aromatic N) is 2. The summed E-state index contributed by atoms with van der Waals surface area (Å²) >= 11 is 8.22. The van der Waals surface area contributed by atoms with E-state index >= 15 is 0 Å². The minimum absolute atomic E-state index is 0.235. The van der Waals surface area contributed by atoms with E-state index in [9.17, 15) is 4.39 Å². The van der Waals surface area contributed by atoms with Crippen molar-refractivity contribution in [2.75, 3.05) is 0 Å². The Morgan fingerprint density at radius 2 is 2.10 bits per heavy atom. The first kappa shape index (κ1) is 13.8. The zero-order valence-corrected chi connectivity index (χ0v) is 13.6. The van der Waals surface area contributed by atoms with Crippen LogP contribution in [0.15, 0.2) is 36.4 Å². The molecule has 20 heavy (non-hydrogen) atoms. The third-order valence-electron chi connectivity index (χ3n) is 3.22. The molecule has 0 fully saturated rings. The molecule has 0 spiro atoms. The molecule has 0 atom stereocenters. The second kappa shape index (κ2) is 5.33. The second-order valence-corrected chi connectivity index (χ2v) is 6.05. The zero-order chi connectivity index (χ0) is 14.3. The van der Waals surface area contributed by atoms with Crippen molar-refractivity contribution < 1.29 is 4.39 Å². The lowest BCUT2D eigenvalue weighted by atomic mass is 10.2. The Kier molecular flexibility index (Phi) is 3.69. The summed E-state index contributed by atoms with van der Waals surface area (Å²) < 4.78 is 17.1. The van der Waals surface area contributed by atoms with Gasteiger partial charge in [-0.2, -0.15) is 0 Å². The zero-order valence-electron chi connectivity index (χ0n) is 10.7. The van der Waals surface area contributed by atoms with E-state index in [1.807, 2.05) is 35.8 Å². The SMILES string of the molecule is Cc1cccc(F)c1-n1c(CCl)nc2cc(I)ccc21. The van der Waals surface area contributed by atoms with Crippen LogP contribution in [0.2, 0.25) is 0 Å². The van der Waals surface area contributed by atoms with Gasteiger partial charge in [-0.05, 0) is 59.3 Å². The Bertz CT molecular complexity index is 778. The standard InChI is InChI=1S/C15H11ClFIN2/c1-9-3-2-4-11(17)15(9)20-13-6-5-10(18)7-12(13)19-14(20)8-16/h2-7H,8H2,1H3. The molecule has 0 aliphatic rings. The molecule has 2 aromatic carbocycles. The average Bonchev–Trinajstić information content (AvgIpc) is 2.76. The molecule has 0 N–H and O–H groups in total. The van der Waals surface area contributed by atoms with E-state index in [1.54, 1.807) is 6.07 Å². The number of rotatable bonds is 2.